The van der Waals surface area contributed by atoms with E-state index in [1.807, 2.05) is 14.0 Å². The minimum Gasteiger partial charge on any atom is -0.356 e. The number of hydrogen-bond acceptors (Lipinski definition) is 1. The molecule has 1 aromatic rings. The minimum atomic E-state index is 0.462. The molecule has 2 N–H and O–H groups in total. The van der Waals surface area contributed by atoms with Gasteiger partial charge in [-0.25, -0.2) is 0 Å². The van der Waals surface area contributed by atoms with Gasteiger partial charge in [0.25, 0.3) is 0 Å². The fourth-order valence-corrected chi connectivity index (χ4v) is 2.01. The van der Waals surface area contributed by atoms with Gasteiger partial charge in [0.05, 0.1) is 0 Å². The molecule has 0 aliphatic rings. The molecule has 0 saturated carbocycles. The normalized spacial score (nSPS) is 13.5. The molecule has 0 amide bonds. The van der Waals surface area contributed by atoms with E-state index >= 15 is 0 Å². The van der Waals surface area contributed by atoms with Gasteiger partial charge in [-0.3, -0.25) is 4.99 Å². The summed E-state index contributed by atoms with van der Waals surface area (Å²) >= 11 is 0. The van der Waals surface area contributed by atoms with E-state index in [2.05, 4.69) is 65.9 Å². The molecule has 3 heteroatoms. The maximum atomic E-state index is 4.24. The molecule has 3 nitrogen and oxygen atoms in total. The summed E-state index contributed by atoms with van der Waals surface area (Å²) in [5.74, 6) is 1.33. The number of aliphatic imine (C=N–C) groups is 1. The van der Waals surface area contributed by atoms with E-state index in [1.54, 1.807) is 0 Å². The molecule has 1 rings (SSSR count). The maximum Gasteiger partial charge on any atom is 0.191 e. The van der Waals surface area contributed by atoms with Crippen LogP contribution in [0.4, 0.5) is 0 Å². The topological polar surface area (TPSA) is 36.4 Å². The molecule has 1 unspecified atom stereocenters. The van der Waals surface area contributed by atoms with Crippen LogP contribution in [0.2, 0.25) is 0 Å². The predicted molar refractivity (Wildman–Crippen MR) is 88.4 cm³/mol. The van der Waals surface area contributed by atoms with Crippen LogP contribution in [-0.2, 0) is 0 Å². The van der Waals surface area contributed by atoms with Crippen LogP contribution in [0.15, 0.2) is 41.4 Å². The van der Waals surface area contributed by atoms with Crippen molar-refractivity contribution >= 4 is 5.96 Å². The van der Waals surface area contributed by atoms with Gasteiger partial charge >= 0.3 is 0 Å². The zero-order chi connectivity index (χ0) is 14.8. The van der Waals surface area contributed by atoms with Crippen molar-refractivity contribution in [2.45, 2.75) is 33.1 Å². The minimum absolute atomic E-state index is 0.462. The summed E-state index contributed by atoms with van der Waals surface area (Å²) in [5.41, 5.74) is 2.67. The highest BCUT2D eigenvalue weighted by Crippen LogP contribution is 2.15. The molecule has 110 valence electrons. The lowest BCUT2D eigenvalue weighted by Crippen LogP contribution is -2.39. The third kappa shape index (κ3) is 5.91. The Morgan fingerprint density at radius 3 is 2.80 bits per heavy atom. The number of benzene rings is 1. The third-order valence-electron chi connectivity index (χ3n) is 3.25. The zero-order valence-electron chi connectivity index (χ0n) is 13.1. The van der Waals surface area contributed by atoms with E-state index in [4.69, 9.17) is 0 Å². The van der Waals surface area contributed by atoms with Gasteiger partial charge in [0.2, 0.25) is 0 Å². The molecule has 0 heterocycles. The summed E-state index contributed by atoms with van der Waals surface area (Å²) in [5, 5.41) is 6.69. The monoisotopic (exact) mass is 273 g/mol. The van der Waals surface area contributed by atoms with E-state index in [9.17, 15) is 0 Å². The van der Waals surface area contributed by atoms with Gasteiger partial charge in [-0.15, -0.1) is 0 Å². The molecule has 1 atom stereocenters. The first-order chi connectivity index (χ1) is 9.67. The lowest BCUT2D eigenvalue weighted by molar-refractivity contribution is 0.698. The first-order valence-electron chi connectivity index (χ1n) is 7.29. The van der Waals surface area contributed by atoms with E-state index < -0.39 is 0 Å². The van der Waals surface area contributed by atoms with Crippen molar-refractivity contribution in [2.24, 2.45) is 4.99 Å². The molecule has 0 spiro atoms. The first kappa shape index (κ1) is 16.3. The second-order valence-corrected chi connectivity index (χ2v) is 5.05. The summed E-state index contributed by atoms with van der Waals surface area (Å²) in [7, 11) is 1.81. The van der Waals surface area contributed by atoms with Crippen molar-refractivity contribution in [3.05, 3.63) is 47.5 Å². The van der Waals surface area contributed by atoms with Gasteiger partial charge < -0.3 is 10.6 Å². The molecular weight excluding hydrogens is 246 g/mol. The molecule has 0 aliphatic heterocycles. The molecule has 0 fully saturated rings. The predicted octanol–water partition coefficient (Wildman–Crippen LogP) is 3.23. The number of nitrogens with one attached hydrogen (secondary N) is 2. The summed E-state index contributed by atoms with van der Waals surface area (Å²) in [6.45, 7) is 8.19. The number of hydrogen-bond donors (Lipinski definition) is 2. The average Bonchev–Trinajstić information content (AvgIpc) is 2.46. The van der Waals surface area contributed by atoms with Gasteiger partial charge in [-0.05, 0) is 31.7 Å². The van der Waals surface area contributed by atoms with Gasteiger partial charge in [0.15, 0.2) is 5.96 Å². The van der Waals surface area contributed by atoms with Crippen LogP contribution in [0.5, 0.6) is 0 Å². The Labute approximate surface area is 123 Å². The Morgan fingerprint density at radius 2 is 2.15 bits per heavy atom. The number of guanidine groups is 1. The van der Waals surface area contributed by atoms with Crippen LogP contribution < -0.4 is 10.6 Å². The number of allylic oxidation sites excluding steroid dienone is 1. The number of aryl methyl sites for hydroxylation is 1. The number of rotatable bonds is 6. The molecule has 0 aromatic heterocycles. The van der Waals surface area contributed by atoms with Gasteiger partial charge in [0.1, 0.15) is 0 Å². The summed E-state index contributed by atoms with van der Waals surface area (Å²) in [6, 6.07) is 8.67. The van der Waals surface area contributed by atoms with Crippen LogP contribution in [0.1, 0.15) is 37.3 Å². The van der Waals surface area contributed by atoms with Crippen molar-refractivity contribution in [3.63, 3.8) is 0 Å². The van der Waals surface area contributed by atoms with E-state index in [0.29, 0.717) is 5.92 Å². The maximum absolute atomic E-state index is 4.24. The van der Waals surface area contributed by atoms with E-state index in [-0.39, 0.29) is 0 Å². The molecule has 0 aliphatic carbocycles. The highest BCUT2D eigenvalue weighted by Gasteiger charge is 2.06. The van der Waals surface area contributed by atoms with Gasteiger partial charge in [0, 0.05) is 20.1 Å². The second-order valence-electron chi connectivity index (χ2n) is 5.05. The Bertz CT molecular complexity index is 449. The Morgan fingerprint density at radius 1 is 1.35 bits per heavy atom. The molecule has 0 saturated heterocycles. The quantitative estimate of drug-likeness (QED) is 0.361. The first-order valence-corrected chi connectivity index (χ1v) is 7.29. The SMILES string of the molecule is C/C=C/CCNC(=NC)NCC(C)c1cccc(C)c1. The van der Waals surface area contributed by atoms with Gasteiger partial charge in [-0.1, -0.05) is 48.9 Å². The van der Waals surface area contributed by atoms with Crippen LogP contribution in [0, 0.1) is 6.92 Å². The fourth-order valence-electron chi connectivity index (χ4n) is 2.01. The number of nitrogens with zero attached hydrogens (tertiary/aromatic N) is 1. The Kier molecular flexibility index (Phi) is 7.48. The average molecular weight is 273 g/mol. The van der Waals surface area contributed by atoms with Crippen molar-refractivity contribution in [1.82, 2.24) is 10.6 Å². The molecule has 20 heavy (non-hydrogen) atoms. The Balaban J connectivity index is 2.40. The van der Waals surface area contributed by atoms with Crippen LogP contribution >= 0.6 is 0 Å². The van der Waals surface area contributed by atoms with Crippen molar-refractivity contribution in [1.29, 1.82) is 0 Å². The zero-order valence-corrected chi connectivity index (χ0v) is 13.1. The van der Waals surface area contributed by atoms with Gasteiger partial charge in [-0.2, -0.15) is 0 Å². The molecule has 1 aromatic carbocycles. The van der Waals surface area contributed by atoms with Crippen molar-refractivity contribution in [2.75, 3.05) is 20.1 Å². The lowest BCUT2D eigenvalue weighted by Gasteiger charge is -2.16. The van der Waals surface area contributed by atoms with E-state index in [1.165, 1.54) is 11.1 Å². The molecular formula is C17H27N3. The van der Waals surface area contributed by atoms with Crippen LogP contribution in [0.25, 0.3) is 0 Å². The molecule has 0 radical (unpaired) electrons. The fraction of sp³-hybridized carbons (Fsp3) is 0.471. The summed E-state index contributed by atoms with van der Waals surface area (Å²) < 4.78 is 0. The summed E-state index contributed by atoms with van der Waals surface area (Å²) in [4.78, 5) is 4.24. The largest absolute Gasteiger partial charge is 0.356 e. The van der Waals surface area contributed by atoms with Crippen molar-refractivity contribution in [3.8, 4) is 0 Å². The van der Waals surface area contributed by atoms with Crippen LogP contribution in [0.3, 0.4) is 0 Å². The highest BCUT2D eigenvalue weighted by atomic mass is 15.2. The third-order valence-corrected chi connectivity index (χ3v) is 3.25. The standard InChI is InChI=1S/C17H27N3/c1-5-6-7-11-19-17(18-4)20-13-15(3)16-10-8-9-14(2)12-16/h5-6,8-10,12,15H,7,11,13H2,1-4H3,(H2,18,19,20)/b6-5+. The summed E-state index contributed by atoms with van der Waals surface area (Å²) in [6.07, 6.45) is 5.23. The van der Waals surface area contributed by atoms with Crippen LogP contribution in [-0.4, -0.2) is 26.1 Å². The molecule has 0 bridgehead atoms. The second kappa shape index (κ2) is 9.18. The lowest BCUT2D eigenvalue weighted by atomic mass is 9.99. The highest BCUT2D eigenvalue weighted by molar-refractivity contribution is 5.79. The van der Waals surface area contributed by atoms with E-state index in [0.717, 1.165) is 25.5 Å². The smallest absolute Gasteiger partial charge is 0.191 e. The Hall–Kier alpha value is -1.77. The van der Waals surface area contributed by atoms with Crippen molar-refractivity contribution < 1.29 is 0 Å².